The molecule has 4 heteroatoms. The number of piperidine rings is 1. The highest BCUT2D eigenvalue weighted by Gasteiger charge is 2.29. The summed E-state index contributed by atoms with van der Waals surface area (Å²) in [6, 6.07) is 0.390. The van der Waals surface area contributed by atoms with Crippen molar-refractivity contribution in [2.75, 3.05) is 26.2 Å². The van der Waals surface area contributed by atoms with Crippen molar-refractivity contribution in [1.82, 2.24) is 10.2 Å². The Morgan fingerprint density at radius 1 is 1.23 bits per heavy atom. The highest BCUT2D eigenvalue weighted by atomic mass is 35.5. The van der Waals surface area contributed by atoms with E-state index in [-0.39, 0.29) is 18.5 Å². The van der Waals surface area contributed by atoms with Gasteiger partial charge in [0.1, 0.15) is 0 Å². The van der Waals surface area contributed by atoms with Gasteiger partial charge in [0.05, 0.1) is 6.10 Å². The van der Waals surface area contributed by atoms with Crippen LogP contribution in [0.25, 0.3) is 0 Å². The predicted molar refractivity (Wildman–Crippen MR) is 55.3 cm³/mol. The molecule has 78 valence electrons. The topological polar surface area (TPSA) is 35.5 Å². The molecule has 0 unspecified atom stereocenters. The Hall–Kier alpha value is 0.170. The molecule has 0 bridgehead atoms. The molecular weight excluding hydrogens is 188 g/mol. The Morgan fingerprint density at radius 2 is 1.92 bits per heavy atom. The molecule has 2 atom stereocenters. The van der Waals surface area contributed by atoms with Gasteiger partial charge in [0.15, 0.2) is 0 Å². The molecule has 2 aliphatic rings. The van der Waals surface area contributed by atoms with Crippen LogP contribution < -0.4 is 5.32 Å². The largest absolute Gasteiger partial charge is 0.391 e. The van der Waals surface area contributed by atoms with E-state index in [1.165, 1.54) is 25.9 Å². The van der Waals surface area contributed by atoms with Crippen LogP contribution in [0.3, 0.4) is 0 Å². The van der Waals surface area contributed by atoms with Crippen LogP contribution in [0.2, 0.25) is 0 Å². The van der Waals surface area contributed by atoms with Crippen LogP contribution in [0.5, 0.6) is 0 Å². The lowest BCUT2D eigenvalue weighted by Gasteiger charge is -2.35. The molecule has 0 saturated carbocycles. The molecule has 2 heterocycles. The molecule has 2 N–H and O–H groups in total. The summed E-state index contributed by atoms with van der Waals surface area (Å²) in [5.41, 5.74) is 0. The number of rotatable bonds is 1. The number of aliphatic hydroxyl groups is 1. The van der Waals surface area contributed by atoms with Crippen LogP contribution >= 0.6 is 12.4 Å². The quantitative estimate of drug-likeness (QED) is 0.645. The molecule has 0 radical (unpaired) electrons. The first-order chi connectivity index (χ1) is 5.88. The SMILES string of the molecule is Cl.O[C@H]1CCNC[C@@H]1N1CCCC1. The van der Waals surface area contributed by atoms with Crippen LogP contribution in [-0.2, 0) is 0 Å². The second kappa shape index (κ2) is 5.15. The Labute approximate surface area is 85.9 Å². The Balaban J connectivity index is 0.000000845. The van der Waals surface area contributed by atoms with Crippen LogP contribution in [0, 0.1) is 0 Å². The fourth-order valence-corrected chi connectivity index (χ4v) is 2.27. The van der Waals surface area contributed by atoms with Gasteiger partial charge in [-0.2, -0.15) is 0 Å². The molecule has 3 nitrogen and oxygen atoms in total. The van der Waals surface area contributed by atoms with Crippen molar-refractivity contribution in [1.29, 1.82) is 0 Å². The second-order valence-electron chi connectivity index (χ2n) is 3.87. The Kier molecular flexibility index (Phi) is 4.46. The third kappa shape index (κ3) is 2.56. The van der Waals surface area contributed by atoms with Crippen LogP contribution in [0.1, 0.15) is 19.3 Å². The lowest BCUT2D eigenvalue weighted by atomic mass is 10.0. The van der Waals surface area contributed by atoms with Gasteiger partial charge in [-0.3, -0.25) is 4.90 Å². The molecule has 0 aromatic heterocycles. The zero-order valence-electron chi connectivity index (χ0n) is 7.91. The van der Waals surface area contributed by atoms with Crippen molar-refractivity contribution in [2.24, 2.45) is 0 Å². The van der Waals surface area contributed by atoms with Crippen LogP contribution in [0.15, 0.2) is 0 Å². The third-order valence-corrected chi connectivity index (χ3v) is 3.02. The minimum atomic E-state index is -0.0932. The van der Waals surface area contributed by atoms with Gasteiger partial charge in [0.2, 0.25) is 0 Å². The van der Waals surface area contributed by atoms with Crippen molar-refractivity contribution < 1.29 is 5.11 Å². The molecule has 0 aliphatic carbocycles. The summed E-state index contributed by atoms with van der Waals surface area (Å²) < 4.78 is 0. The van der Waals surface area contributed by atoms with Gasteiger partial charge >= 0.3 is 0 Å². The van der Waals surface area contributed by atoms with E-state index in [1.54, 1.807) is 0 Å². The van der Waals surface area contributed by atoms with E-state index in [0.717, 1.165) is 19.5 Å². The average molecular weight is 207 g/mol. The van der Waals surface area contributed by atoms with Crippen molar-refractivity contribution in [3.05, 3.63) is 0 Å². The van der Waals surface area contributed by atoms with Gasteiger partial charge in [0, 0.05) is 12.6 Å². The lowest BCUT2D eigenvalue weighted by Crippen LogP contribution is -2.52. The van der Waals surface area contributed by atoms with Crippen LogP contribution in [0.4, 0.5) is 0 Å². The van der Waals surface area contributed by atoms with Gasteiger partial charge in [-0.25, -0.2) is 0 Å². The zero-order valence-corrected chi connectivity index (χ0v) is 8.72. The Bertz CT molecular complexity index is 151. The maximum absolute atomic E-state index is 9.75. The fraction of sp³-hybridized carbons (Fsp3) is 1.00. The summed E-state index contributed by atoms with van der Waals surface area (Å²) in [4.78, 5) is 2.43. The van der Waals surface area contributed by atoms with Gasteiger partial charge in [-0.1, -0.05) is 0 Å². The van der Waals surface area contributed by atoms with Crippen molar-refractivity contribution in [3.8, 4) is 0 Å². The van der Waals surface area contributed by atoms with E-state index in [1.807, 2.05) is 0 Å². The maximum Gasteiger partial charge on any atom is 0.0719 e. The number of nitrogens with zero attached hydrogens (tertiary/aromatic N) is 1. The number of hydrogen-bond acceptors (Lipinski definition) is 3. The van der Waals surface area contributed by atoms with Crippen molar-refractivity contribution in [2.45, 2.75) is 31.4 Å². The van der Waals surface area contributed by atoms with E-state index in [0.29, 0.717) is 6.04 Å². The second-order valence-corrected chi connectivity index (χ2v) is 3.87. The molecule has 2 rings (SSSR count). The number of halogens is 1. The summed E-state index contributed by atoms with van der Waals surface area (Å²) in [5.74, 6) is 0. The lowest BCUT2D eigenvalue weighted by molar-refractivity contribution is 0.0398. The monoisotopic (exact) mass is 206 g/mol. The predicted octanol–water partition coefficient (Wildman–Crippen LogP) is 0.227. The number of aliphatic hydroxyl groups excluding tert-OH is 1. The highest BCUT2D eigenvalue weighted by Crippen LogP contribution is 2.17. The zero-order chi connectivity index (χ0) is 8.39. The minimum absolute atomic E-state index is 0. The van der Waals surface area contributed by atoms with Crippen molar-refractivity contribution in [3.63, 3.8) is 0 Å². The molecule has 2 saturated heterocycles. The Morgan fingerprint density at radius 3 is 2.54 bits per heavy atom. The maximum atomic E-state index is 9.75. The number of nitrogens with one attached hydrogen (secondary N) is 1. The van der Waals surface area contributed by atoms with Crippen LogP contribution in [-0.4, -0.2) is 48.3 Å². The summed E-state index contributed by atoms with van der Waals surface area (Å²) in [5, 5.41) is 13.1. The average Bonchev–Trinajstić information content (AvgIpc) is 2.57. The first-order valence-corrected chi connectivity index (χ1v) is 5.01. The molecule has 0 aromatic rings. The molecule has 0 aromatic carbocycles. The standard InChI is InChI=1S/C9H18N2O.ClH/c12-9-3-4-10-7-8(9)11-5-1-2-6-11;/h8-10,12H,1-7H2;1H/t8-,9-;/m0./s1. The van der Waals surface area contributed by atoms with Gasteiger partial charge in [0.25, 0.3) is 0 Å². The van der Waals surface area contributed by atoms with Gasteiger partial charge < -0.3 is 10.4 Å². The molecule has 2 aliphatic heterocycles. The summed E-state index contributed by atoms with van der Waals surface area (Å²) in [6.45, 7) is 4.32. The van der Waals surface area contributed by atoms with Gasteiger partial charge in [-0.15, -0.1) is 12.4 Å². The first-order valence-electron chi connectivity index (χ1n) is 5.01. The van der Waals surface area contributed by atoms with E-state index in [9.17, 15) is 5.11 Å². The normalized spacial score (nSPS) is 35.8. The molecule has 0 spiro atoms. The molecular formula is C9H19ClN2O. The van der Waals surface area contributed by atoms with E-state index >= 15 is 0 Å². The fourth-order valence-electron chi connectivity index (χ4n) is 2.27. The minimum Gasteiger partial charge on any atom is -0.391 e. The molecule has 0 amide bonds. The summed E-state index contributed by atoms with van der Waals surface area (Å²) in [6.07, 6.45) is 3.44. The smallest absolute Gasteiger partial charge is 0.0719 e. The van der Waals surface area contributed by atoms with E-state index in [4.69, 9.17) is 0 Å². The molecule has 13 heavy (non-hydrogen) atoms. The molecule has 2 fully saturated rings. The van der Waals surface area contributed by atoms with E-state index < -0.39 is 0 Å². The number of hydrogen-bond donors (Lipinski definition) is 2. The number of likely N-dealkylation sites (tertiary alicyclic amines) is 1. The highest BCUT2D eigenvalue weighted by molar-refractivity contribution is 5.85. The third-order valence-electron chi connectivity index (χ3n) is 3.02. The van der Waals surface area contributed by atoms with Gasteiger partial charge in [-0.05, 0) is 38.9 Å². The first kappa shape index (κ1) is 11.2. The summed E-state index contributed by atoms with van der Waals surface area (Å²) >= 11 is 0. The van der Waals surface area contributed by atoms with E-state index in [2.05, 4.69) is 10.2 Å². The summed E-state index contributed by atoms with van der Waals surface area (Å²) in [7, 11) is 0. The van der Waals surface area contributed by atoms with Crippen molar-refractivity contribution >= 4 is 12.4 Å².